The Balaban J connectivity index is 1.78. The predicted molar refractivity (Wildman–Crippen MR) is 93.9 cm³/mol. The summed E-state index contributed by atoms with van der Waals surface area (Å²) in [6.45, 7) is 2.21. The summed E-state index contributed by atoms with van der Waals surface area (Å²) in [4.78, 5) is 14.2. The van der Waals surface area contributed by atoms with Crippen LogP contribution in [0.25, 0.3) is 0 Å². The summed E-state index contributed by atoms with van der Waals surface area (Å²) in [7, 11) is -3.73. The van der Waals surface area contributed by atoms with E-state index in [0.29, 0.717) is 13.2 Å². The first-order valence-corrected chi connectivity index (χ1v) is 9.94. The second-order valence-corrected chi connectivity index (χ2v) is 7.35. The third-order valence-corrected chi connectivity index (χ3v) is 3.51. The number of hydrogen-bond acceptors (Lipinski definition) is 5. The molecule has 0 radical (unpaired) electrons. The van der Waals surface area contributed by atoms with E-state index >= 15 is 0 Å². The molecule has 25 heavy (non-hydrogen) atoms. The van der Waals surface area contributed by atoms with Crippen LogP contribution in [0.2, 0.25) is 0 Å². The summed E-state index contributed by atoms with van der Waals surface area (Å²) in [6.07, 6.45) is -0.618. The van der Waals surface area contributed by atoms with E-state index in [9.17, 15) is 9.46 Å². The number of benzene rings is 2. The molecule has 0 aromatic heterocycles. The van der Waals surface area contributed by atoms with Crippen LogP contribution in [-0.4, -0.2) is 30.9 Å². The summed E-state index contributed by atoms with van der Waals surface area (Å²) in [5, 5.41) is 0. The molecule has 1 N–H and O–H groups in total. The van der Waals surface area contributed by atoms with E-state index in [2.05, 4.69) is 4.67 Å². The predicted octanol–water partition coefficient (Wildman–Crippen LogP) is 3.55. The van der Waals surface area contributed by atoms with Gasteiger partial charge in [0.2, 0.25) is 0 Å². The molecule has 136 valence electrons. The SMILES string of the molecule is CP(=O)(O)OOC(COCc1ccccc1)COCc1ccccc1. The average molecular weight is 366 g/mol. The lowest BCUT2D eigenvalue weighted by Gasteiger charge is -2.18. The molecule has 2 aromatic carbocycles. The van der Waals surface area contributed by atoms with E-state index in [1.54, 1.807) is 0 Å². The quantitative estimate of drug-likeness (QED) is 0.372. The highest BCUT2D eigenvalue weighted by Gasteiger charge is 2.18. The summed E-state index contributed by atoms with van der Waals surface area (Å²) >= 11 is 0. The normalized spacial score (nSPS) is 13.7. The lowest BCUT2D eigenvalue weighted by molar-refractivity contribution is -0.271. The van der Waals surface area contributed by atoms with Gasteiger partial charge >= 0.3 is 7.60 Å². The minimum atomic E-state index is -3.73. The van der Waals surface area contributed by atoms with Crippen LogP contribution in [0.4, 0.5) is 0 Å². The Bertz CT molecular complexity index is 598. The largest absolute Gasteiger partial charge is 0.374 e. The van der Waals surface area contributed by atoms with Crippen molar-refractivity contribution in [3.05, 3.63) is 71.8 Å². The molecular weight excluding hydrogens is 343 g/mol. The van der Waals surface area contributed by atoms with Crippen LogP contribution < -0.4 is 0 Å². The number of ether oxygens (including phenoxy) is 2. The standard InChI is InChI=1S/C18H23O6P/c1-25(19,20)24-23-18(14-21-12-16-8-4-2-5-9-16)15-22-13-17-10-6-3-7-11-17/h2-11,18H,12-15H2,1H3,(H,19,20). The van der Waals surface area contributed by atoms with E-state index < -0.39 is 13.7 Å². The van der Waals surface area contributed by atoms with Crippen LogP contribution in [0, 0.1) is 0 Å². The van der Waals surface area contributed by atoms with Crippen molar-refractivity contribution in [1.29, 1.82) is 0 Å². The maximum absolute atomic E-state index is 11.2. The first kappa shape index (κ1) is 19.8. The van der Waals surface area contributed by atoms with Crippen molar-refractivity contribution < 1.29 is 28.5 Å². The minimum Gasteiger partial charge on any atom is -0.374 e. The van der Waals surface area contributed by atoms with Crippen LogP contribution in [0.1, 0.15) is 11.1 Å². The van der Waals surface area contributed by atoms with E-state index in [0.717, 1.165) is 17.8 Å². The van der Waals surface area contributed by atoms with Crippen LogP contribution in [0.5, 0.6) is 0 Å². The maximum Gasteiger partial charge on any atom is 0.352 e. The van der Waals surface area contributed by atoms with Gasteiger partial charge in [-0.05, 0) is 11.1 Å². The molecule has 2 rings (SSSR count). The fraction of sp³-hybridized carbons (Fsp3) is 0.333. The van der Waals surface area contributed by atoms with Gasteiger partial charge in [0.25, 0.3) is 0 Å². The smallest absolute Gasteiger partial charge is 0.352 e. The van der Waals surface area contributed by atoms with Gasteiger partial charge in [-0.2, -0.15) is 0 Å². The van der Waals surface area contributed by atoms with Crippen molar-refractivity contribution in [2.24, 2.45) is 0 Å². The highest BCUT2D eigenvalue weighted by molar-refractivity contribution is 7.51. The summed E-state index contributed by atoms with van der Waals surface area (Å²) < 4.78 is 27.0. The highest BCUT2D eigenvalue weighted by atomic mass is 31.2. The molecule has 0 saturated carbocycles. The molecule has 0 heterocycles. The second-order valence-electron chi connectivity index (χ2n) is 5.60. The van der Waals surface area contributed by atoms with E-state index in [1.165, 1.54) is 0 Å². The lowest BCUT2D eigenvalue weighted by Crippen LogP contribution is -2.25. The van der Waals surface area contributed by atoms with Crippen molar-refractivity contribution in [2.45, 2.75) is 19.3 Å². The van der Waals surface area contributed by atoms with E-state index in [1.807, 2.05) is 60.7 Å². The van der Waals surface area contributed by atoms with Crippen LogP contribution in [0.15, 0.2) is 60.7 Å². The third-order valence-electron chi connectivity index (χ3n) is 3.15. The van der Waals surface area contributed by atoms with Gasteiger partial charge in [0, 0.05) is 6.66 Å². The Morgan fingerprint density at radius 2 is 1.32 bits per heavy atom. The van der Waals surface area contributed by atoms with Crippen molar-refractivity contribution in [2.75, 3.05) is 19.9 Å². The van der Waals surface area contributed by atoms with Gasteiger partial charge in [-0.3, -0.25) is 4.57 Å². The first-order chi connectivity index (χ1) is 12.0. The van der Waals surface area contributed by atoms with Gasteiger partial charge in [-0.15, -0.1) is 4.67 Å². The summed E-state index contributed by atoms with van der Waals surface area (Å²) in [6, 6.07) is 19.4. The Hall–Kier alpha value is -1.53. The molecule has 0 aliphatic heterocycles. The van der Waals surface area contributed by atoms with Crippen molar-refractivity contribution in [3.63, 3.8) is 0 Å². The highest BCUT2D eigenvalue weighted by Crippen LogP contribution is 2.37. The average Bonchev–Trinajstić information content (AvgIpc) is 2.60. The van der Waals surface area contributed by atoms with Gasteiger partial charge in [0.05, 0.1) is 26.4 Å². The second kappa shape index (κ2) is 10.5. The Morgan fingerprint density at radius 3 is 1.72 bits per heavy atom. The van der Waals surface area contributed by atoms with Crippen LogP contribution in [0.3, 0.4) is 0 Å². The monoisotopic (exact) mass is 366 g/mol. The third kappa shape index (κ3) is 8.93. The molecule has 0 aliphatic carbocycles. The van der Waals surface area contributed by atoms with E-state index in [4.69, 9.17) is 14.4 Å². The molecule has 0 saturated heterocycles. The van der Waals surface area contributed by atoms with Crippen molar-refractivity contribution in [1.82, 2.24) is 0 Å². The summed E-state index contributed by atoms with van der Waals surface area (Å²) in [5.41, 5.74) is 2.05. The van der Waals surface area contributed by atoms with Crippen LogP contribution in [-0.2, 0) is 36.8 Å². The summed E-state index contributed by atoms with van der Waals surface area (Å²) in [5.74, 6) is 0. The van der Waals surface area contributed by atoms with Gasteiger partial charge in [0.15, 0.2) is 0 Å². The molecule has 2 aromatic rings. The van der Waals surface area contributed by atoms with Crippen LogP contribution >= 0.6 is 7.60 Å². The molecule has 1 unspecified atom stereocenters. The van der Waals surface area contributed by atoms with Gasteiger partial charge in [-0.1, -0.05) is 60.7 Å². The molecule has 0 fully saturated rings. The topological polar surface area (TPSA) is 74.2 Å². The van der Waals surface area contributed by atoms with Crippen molar-refractivity contribution in [3.8, 4) is 0 Å². The molecule has 7 heteroatoms. The van der Waals surface area contributed by atoms with Gasteiger partial charge in [0.1, 0.15) is 6.10 Å². The molecule has 0 amide bonds. The molecule has 0 aliphatic rings. The van der Waals surface area contributed by atoms with Gasteiger partial charge < -0.3 is 14.4 Å². The Labute approximate surface area is 147 Å². The zero-order chi connectivity index (χ0) is 18.0. The molecule has 0 bridgehead atoms. The van der Waals surface area contributed by atoms with Gasteiger partial charge in [-0.25, -0.2) is 4.89 Å². The van der Waals surface area contributed by atoms with E-state index in [-0.39, 0.29) is 13.2 Å². The Morgan fingerprint density at radius 1 is 0.880 bits per heavy atom. The minimum absolute atomic E-state index is 0.170. The first-order valence-electron chi connectivity index (χ1n) is 7.91. The molecule has 1 atom stereocenters. The Kier molecular flexibility index (Phi) is 8.28. The fourth-order valence-corrected chi connectivity index (χ4v) is 2.29. The zero-order valence-electron chi connectivity index (χ0n) is 14.1. The molecule has 6 nitrogen and oxygen atoms in total. The number of rotatable bonds is 11. The molecular formula is C18H23O6P. The lowest BCUT2D eigenvalue weighted by atomic mass is 10.2. The number of hydrogen-bond donors (Lipinski definition) is 1. The van der Waals surface area contributed by atoms with Crippen molar-refractivity contribution >= 4 is 7.60 Å². The zero-order valence-corrected chi connectivity index (χ0v) is 15.0. The maximum atomic E-state index is 11.2. The molecule has 0 spiro atoms. The fourth-order valence-electron chi connectivity index (χ4n) is 2.01.